The zero-order valence-corrected chi connectivity index (χ0v) is 10.5. The van der Waals surface area contributed by atoms with E-state index >= 15 is 0 Å². The van der Waals surface area contributed by atoms with Gasteiger partial charge in [0.05, 0.1) is 5.57 Å². The fourth-order valence-corrected chi connectivity index (χ4v) is 3.48. The summed E-state index contributed by atoms with van der Waals surface area (Å²) in [7, 11) is 0. The van der Waals surface area contributed by atoms with Gasteiger partial charge in [0.25, 0.3) is 0 Å². The van der Waals surface area contributed by atoms with Gasteiger partial charge in [-0.1, -0.05) is 13.8 Å². The van der Waals surface area contributed by atoms with Crippen LogP contribution in [0.3, 0.4) is 0 Å². The number of allylic oxidation sites excluding steroid dienone is 2. The van der Waals surface area contributed by atoms with Crippen LogP contribution in [0.25, 0.3) is 0 Å². The van der Waals surface area contributed by atoms with Crippen LogP contribution in [-0.2, 0) is 9.59 Å². The van der Waals surface area contributed by atoms with Gasteiger partial charge in [0.1, 0.15) is 11.9 Å². The largest absolute Gasteiger partial charge is 0.299 e. The molecular formula is C14H17NO2. The molecule has 0 saturated heterocycles. The first-order valence-electron chi connectivity index (χ1n) is 6.05. The van der Waals surface area contributed by atoms with Gasteiger partial charge in [-0.05, 0) is 31.8 Å². The highest BCUT2D eigenvalue weighted by Crippen LogP contribution is 2.53. The smallest absolute Gasteiger partial charge is 0.178 e. The van der Waals surface area contributed by atoms with Crippen molar-refractivity contribution in [1.82, 2.24) is 0 Å². The van der Waals surface area contributed by atoms with Gasteiger partial charge in [0.2, 0.25) is 0 Å². The topological polar surface area (TPSA) is 57.9 Å². The molecule has 0 aliphatic heterocycles. The van der Waals surface area contributed by atoms with Crippen LogP contribution < -0.4 is 0 Å². The summed E-state index contributed by atoms with van der Waals surface area (Å²) < 4.78 is 0. The number of Topliss-reactive ketones (excluding diaryl/α,β-unsaturated/α-hetero) is 2. The SMILES string of the molecule is CC1(C)C(=O)C(C#N)=C[C@]2(C)C(=O)CCC[C@H]12. The summed E-state index contributed by atoms with van der Waals surface area (Å²) in [5.74, 6) is 0.0834. The molecule has 0 heterocycles. The van der Waals surface area contributed by atoms with Crippen LogP contribution in [0.2, 0.25) is 0 Å². The average Bonchev–Trinajstić information content (AvgIpc) is 2.27. The van der Waals surface area contributed by atoms with Crippen molar-refractivity contribution in [3.05, 3.63) is 11.6 Å². The first-order valence-corrected chi connectivity index (χ1v) is 6.05. The first-order chi connectivity index (χ1) is 7.84. The number of carbonyl (C=O) groups excluding carboxylic acids is 2. The third kappa shape index (κ3) is 1.47. The maximum Gasteiger partial charge on any atom is 0.178 e. The molecule has 0 radical (unpaired) electrons. The molecule has 0 aromatic rings. The van der Waals surface area contributed by atoms with E-state index in [2.05, 4.69) is 0 Å². The third-order valence-corrected chi connectivity index (χ3v) is 4.49. The molecule has 3 nitrogen and oxygen atoms in total. The molecule has 1 saturated carbocycles. The fourth-order valence-electron chi connectivity index (χ4n) is 3.48. The monoisotopic (exact) mass is 231 g/mol. The minimum Gasteiger partial charge on any atom is -0.299 e. The van der Waals surface area contributed by atoms with E-state index in [4.69, 9.17) is 5.26 Å². The number of hydrogen-bond donors (Lipinski definition) is 0. The highest BCUT2D eigenvalue weighted by atomic mass is 16.1. The molecule has 3 heteroatoms. The Morgan fingerprint density at radius 1 is 1.35 bits per heavy atom. The lowest BCUT2D eigenvalue weighted by molar-refractivity contribution is -0.141. The standard InChI is InChI=1S/C14H17NO2/c1-13(2)10-5-4-6-11(16)14(10,3)7-9(8-15)12(13)17/h7,10H,4-6H2,1-3H3/t10-,14+/m1/s1. The number of nitrogens with zero attached hydrogens (tertiary/aromatic N) is 1. The normalized spacial score (nSPS) is 35.9. The van der Waals surface area contributed by atoms with Gasteiger partial charge in [-0.3, -0.25) is 9.59 Å². The third-order valence-electron chi connectivity index (χ3n) is 4.49. The molecular weight excluding hydrogens is 214 g/mol. The molecule has 2 rings (SSSR count). The summed E-state index contributed by atoms with van der Waals surface area (Å²) in [6.07, 6.45) is 3.92. The van der Waals surface area contributed by atoms with Crippen LogP contribution in [0, 0.1) is 28.1 Å². The lowest BCUT2D eigenvalue weighted by Gasteiger charge is -2.48. The lowest BCUT2D eigenvalue weighted by atomic mass is 9.52. The minimum absolute atomic E-state index is 0.0286. The number of fused-ring (bicyclic) bond motifs is 1. The van der Waals surface area contributed by atoms with Gasteiger partial charge in [0.15, 0.2) is 5.78 Å². The number of rotatable bonds is 0. The Balaban J connectivity index is 2.62. The summed E-state index contributed by atoms with van der Waals surface area (Å²) in [4.78, 5) is 24.3. The molecule has 0 aromatic heterocycles. The van der Waals surface area contributed by atoms with Gasteiger partial charge in [-0.2, -0.15) is 5.26 Å². The number of nitriles is 1. The summed E-state index contributed by atoms with van der Waals surface area (Å²) in [5, 5.41) is 9.03. The minimum atomic E-state index is -0.624. The Bertz CT molecular complexity index is 467. The lowest BCUT2D eigenvalue weighted by Crippen LogP contribution is -2.51. The van der Waals surface area contributed by atoms with Crippen LogP contribution in [0.5, 0.6) is 0 Å². The molecule has 2 aliphatic carbocycles. The molecule has 2 atom stereocenters. The van der Waals surface area contributed by atoms with E-state index in [1.54, 1.807) is 6.08 Å². The molecule has 0 bridgehead atoms. The van der Waals surface area contributed by atoms with Gasteiger partial charge in [-0.25, -0.2) is 0 Å². The van der Waals surface area contributed by atoms with Gasteiger partial charge < -0.3 is 0 Å². The quantitative estimate of drug-likeness (QED) is 0.643. The van der Waals surface area contributed by atoms with Crippen LogP contribution in [-0.4, -0.2) is 11.6 Å². The van der Waals surface area contributed by atoms with Crippen LogP contribution in [0.15, 0.2) is 11.6 Å². The second-order valence-electron chi connectivity index (χ2n) is 5.87. The van der Waals surface area contributed by atoms with Crippen molar-refractivity contribution >= 4 is 11.6 Å². The summed E-state index contributed by atoms with van der Waals surface area (Å²) >= 11 is 0. The van der Waals surface area contributed by atoms with Crippen LogP contribution >= 0.6 is 0 Å². The average molecular weight is 231 g/mol. The molecule has 2 aliphatic rings. The molecule has 0 N–H and O–H groups in total. The molecule has 0 amide bonds. The predicted octanol–water partition coefficient (Wildman–Crippen LogP) is 2.42. The van der Waals surface area contributed by atoms with E-state index in [0.29, 0.717) is 6.42 Å². The van der Waals surface area contributed by atoms with E-state index in [1.165, 1.54) is 0 Å². The van der Waals surface area contributed by atoms with Crippen molar-refractivity contribution in [3.8, 4) is 6.07 Å². The number of ketones is 2. The Kier molecular flexibility index (Phi) is 2.50. The summed E-state index contributed by atoms with van der Waals surface area (Å²) in [6, 6.07) is 1.95. The van der Waals surface area contributed by atoms with E-state index in [0.717, 1.165) is 12.8 Å². The van der Waals surface area contributed by atoms with Gasteiger partial charge in [0, 0.05) is 17.3 Å². The van der Waals surface area contributed by atoms with E-state index in [-0.39, 0.29) is 23.1 Å². The zero-order valence-electron chi connectivity index (χ0n) is 10.5. The Hall–Kier alpha value is -1.43. The molecule has 90 valence electrons. The summed E-state index contributed by atoms with van der Waals surface area (Å²) in [5.41, 5.74) is -1.07. The molecule has 0 spiro atoms. The second-order valence-corrected chi connectivity index (χ2v) is 5.87. The first kappa shape index (κ1) is 12.0. The second kappa shape index (κ2) is 3.53. The Morgan fingerprint density at radius 2 is 2.00 bits per heavy atom. The van der Waals surface area contributed by atoms with Crippen molar-refractivity contribution in [2.45, 2.75) is 40.0 Å². The molecule has 1 fully saturated rings. The van der Waals surface area contributed by atoms with Crippen molar-refractivity contribution in [2.75, 3.05) is 0 Å². The van der Waals surface area contributed by atoms with Gasteiger partial charge in [-0.15, -0.1) is 0 Å². The number of carbonyl (C=O) groups is 2. The van der Waals surface area contributed by atoms with Gasteiger partial charge >= 0.3 is 0 Å². The fraction of sp³-hybridized carbons (Fsp3) is 0.643. The van der Waals surface area contributed by atoms with Crippen molar-refractivity contribution in [1.29, 1.82) is 5.26 Å². The highest BCUT2D eigenvalue weighted by molar-refractivity contribution is 6.06. The van der Waals surface area contributed by atoms with Crippen molar-refractivity contribution < 1.29 is 9.59 Å². The maximum atomic E-state index is 12.2. The molecule has 17 heavy (non-hydrogen) atoms. The van der Waals surface area contributed by atoms with E-state index < -0.39 is 10.8 Å². The van der Waals surface area contributed by atoms with Crippen LogP contribution in [0.1, 0.15) is 40.0 Å². The highest BCUT2D eigenvalue weighted by Gasteiger charge is 2.55. The van der Waals surface area contributed by atoms with E-state index in [9.17, 15) is 9.59 Å². The summed E-state index contributed by atoms with van der Waals surface area (Å²) in [6.45, 7) is 5.60. The zero-order chi connectivity index (χ0) is 12.8. The van der Waals surface area contributed by atoms with Crippen molar-refractivity contribution in [2.24, 2.45) is 16.7 Å². The van der Waals surface area contributed by atoms with E-state index in [1.807, 2.05) is 26.8 Å². The van der Waals surface area contributed by atoms with Crippen LogP contribution in [0.4, 0.5) is 0 Å². The molecule has 0 unspecified atom stereocenters. The Morgan fingerprint density at radius 3 is 2.59 bits per heavy atom. The predicted molar refractivity (Wildman–Crippen MR) is 62.9 cm³/mol. The molecule has 0 aromatic carbocycles. The van der Waals surface area contributed by atoms with Crippen molar-refractivity contribution in [3.63, 3.8) is 0 Å². The maximum absolute atomic E-state index is 12.2. The number of hydrogen-bond acceptors (Lipinski definition) is 3. The Labute approximate surface area is 101 Å².